The molecule has 170 valence electrons. The number of benzene rings is 2. The van der Waals surface area contributed by atoms with Gasteiger partial charge in [0, 0.05) is 43.3 Å². The molecule has 0 fully saturated rings. The van der Waals surface area contributed by atoms with Crippen LogP contribution < -0.4 is 5.32 Å². The molecule has 2 aromatic carbocycles. The molecular weight excluding hydrogens is 437 g/mol. The Morgan fingerprint density at radius 1 is 0.824 bits per heavy atom. The van der Waals surface area contributed by atoms with Crippen LogP contribution in [0.5, 0.6) is 0 Å². The summed E-state index contributed by atoms with van der Waals surface area (Å²) in [4.78, 5) is 8.54. The van der Waals surface area contributed by atoms with E-state index in [1.165, 1.54) is 6.07 Å². The Bertz CT molecular complexity index is 1230. The zero-order valence-corrected chi connectivity index (χ0v) is 18.1. The lowest BCUT2D eigenvalue weighted by molar-refractivity contribution is -0.137. The standard InChI is InChI=1S/C27H21F3N4/c28-27(29,30)24-10-2-6-20(14-24)16-34-26(21-7-1-5-19(13-21)15-31)25(22-8-3-11-32-17-22)23-9-4-12-33-18-23/h1-14,17-18,25-26,34H,16H2. The van der Waals surface area contributed by atoms with Crippen LogP contribution in [0, 0.1) is 11.3 Å². The molecule has 7 heteroatoms. The van der Waals surface area contributed by atoms with Crippen LogP contribution in [0.25, 0.3) is 0 Å². The van der Waals surface area contributed by atoms with E-state index in [4.69, 9.17) is 0 Å². The molecule has 2 heterocycles. The fourth-order valence-electron chi connectivity index (χ4n) is 4.01. The topological polar surface area (TPSA) is 61.6 Å². The first-order valence-corrected chi connectivity index (χ1v) is 10.6. The van der Waals surface area contributed by atoms with E-state index in [2.05, 4.69) is 21.4 Å². The average Bonchev–Trinajstić information content (AvgIpc) is 2.87. The van der Waals surface area contributed by atoms with Crippen LogP contribution in [0.4, 0.5) is 13.2 Å². The maximum absolute atomic E-state index is 13.2. The number of pyridine rings is 2. The summed E-state index contributed by atoms with van der Waals surface area (Å²) < 4.78 is 39.7. The van der Waals surface area contributed by atoms with Crippen molar-refractivity contribution < 1.29 is 13.2 Å². The predicted molar refractivity (Wildman–Crippen MR) is 122 cm³/mol. The Balaban J connectivity index is 1.76. The lowest BCUT2D eigenvalue weighted by Gasteiger charge is -2.29. The lowest BCUT2D eigenvalue weighted by atomic mass is 9.82. The fourth-order valence-corrected chi connectivity index (χ4v) is 4.01. The molecule has 2 aromatic heterocycles. The minimum Gasteiger partial charge on any atom is -0.305 e. The van der Waals surface area contributed by atoms with E-state index in [0.29, 0.717) is 11.1 Å². The number of rotatable bonds is 7. The zero-order chi connectivity index (χ0) is 24.0. The number of halogens is 3. The van der Waals surface area contributed by atoms with Crippen LogP contribution in [0.1, 0.15) is 45.3 Å². The molecule has 1 unspecified atom stereocenters. The number of nitriles is 1. The summed E-state index contributed by atoms with van der Waals surface area (Å²) in [6, 6.07) is 21.9. The van der Waals surface area contributed by atoms with Gasteiger partial charge in [0.25, 0.3) is 0 Å². The summed E-state index contributed by atoms with van der Waals surface area (Å²) >= 11 is 0. The largest absolute Gasteiger partial charge is 0.416 e. The second kappa shape index (κ2) is 10.3. The van der Waals surface area contributed by atoms with Crippen molar-refractivity contribution in [3.63, 3.8) is 0 Å². The third-order valence-corrected chi connectivity index (χ3v) is 5.58. The highest BCUT2D eigenvalue weighted by Gasteiger charge is 2.31. The molecule has 0 aliphatic carbocycles. The first kappa shape index (κ1) is 23.1. The van der Waals surface area contributed by atoms with Crippen LogP contribution in [-0.2, 0) is 12.7 Å². The molecule has 0 aliphatic rings. The highest BCUT2D eigenvalue weighted by atomic mass is 19.4. The third kappa shape index (κ3) is 5.48. The Morgan fingerprint density at radius 2 is 1.47 bits per heavy atom. The molecule has 4 nitrogen and oxygen atoms in total. The van der Waals surface area contributed by atoms with Crippen molar-refractivity contribution >= 4 is 0 Å². The monoisotopic (exact) mass is 458 g/mol. The number of hydrogen-bond donors (Lipinski definition) is 1. The molecule has 0 spiro atoms. The first-order valence-electron chi connectivity index (χ1n) is 10.6. The maximum Gasteiger partial charge on any atom is 0.416 e. The van der Waals surface area contributed by atoms with Crippen LogP contribution in [0.2, 0.25) is 0 Å². The number of aromatic nitrogens is 2. The minimum absolute atomic E-state index is 0.197. The SMILES string of the molecule is N#Cc1cccc(C(NCc2cccc(C(F)(F)F)c2)C(c2cccnc2)c2cccnc2)c1. The number of hydrogen-bond acceptors (Lipinski definition) is 4. The molecule has 0 bridgehead atoms. The van der Waals surface area contributed by atoms with Gasteiger partial charge >= 0.3 is 6.18 Å². The van der Waals surface area contributed by atoms with Gasteiger partial charge in [0.1, 0.15) is 0 Å². The van der Waals surface area contributed by atoms with Crippen LogP contribution in [0.3, 0.4) is 0 Å². The van der Waals surface area contributed by atoms with Crippen molar-refractivity contribution in [3.8, 4) is 6.07 Å². The molecule has 34 heavy (non-hydrogen) atoms. The molecule has 0 amide bonds. The zero-order valence-electron chi connectivity index (χ0n) is 18.1. The van der Waals surface area contributed by atoms with Crippen molar-refractivity contribution in [2.75, 3.05) is 0 Å². The molecule has 4 aromatic rings. The second-order valence-corrected chi connectivity index (χ2v) is 7.84. The molecule has 0 saturated carbocycles. The van der Waals surface area contributed by atoms with Gasteiger partial charge in [0.05, 0.1) is 17.2 Å². The quantitative estimate of drug-likeness (QED) is 0.367. The third-order valence-electron chi connectivity index (χ3n) is 5.58. The maximum atomic E-state index is 13.2. The van der Waals surface area contributed by atoms with Crippen molar-refractivity contribution in [2.45, 2.75) is 24.7 Å². The van der Waals surface area contributed by atoms with Gasteiger partial charge in [-0.05, 0) is 52.6 Å². The number of nitrogens with zero attached hydrogens (tertiary/aromatic N) is 3. The molecule has 0 saturated heterocycles. The summed E-state index contributed by atoms with van der Waals surface area (Å²) in [5.74, 6) is -0.248. The second-order valence-electron chi connectivity index (χ2n) is 7.84. The Kier molecular flexibility index (Phi) is 7.00. The summed E-state index contributed by atoms with van der Waals surface area (Å²) in [5.41, 5.74) is 2.99. The van der Waals surface area contributed by atoms with Gasteiger partial charge in [-0.1, -0.05) is 42.5 Å². The molecular formula is C27H21F3N4. The smallest absolute Gasteiger partial charge is 0.305 e. The summed E-state index contributed by atoms with van der Waals surface area (Å²) in [5, 5.41) is 12.9. The molecule has 0 radical (unpaired) electrons. The highest BCUT2D eigenvalue weighted by molar-refractivity contribution is 5.40. The van der Waals surface area contributed by atoms with Crippen LogP contribution in [0.15, 0.2) is 97.6 Å². The van der Waals surface area contributed by atoms with Crippen molar-refractivity contribution in [1.29, 1.82) is 5.26 Å². The van der Waals surface area contributed by atoms with Gasteiger partial charge in [0.2, 0.25) is 0 Å². The van der Waals surface area contributed by atoms with Gasteiger partial charge in [-0.25, -0.2) is 0 Å². The Morgan fingerprint density at radius 3 is 2.06 bits per heavy atom. The van der Waals surface area contributed by atoms with Crippen molar-refractivity contribution in [2.24, 2.45) is 0 Å². The van der Waals surface area contributed by atoms with Crippen molar-refractivity contribution in [3.05, 3.63) is 131 Å². The van der Waals surface area contributed by atoms with Gasteiger partial charge in [-0.15, -0.1) is 0 Å². The lowest BCUT2D eigenvalue weighted by Crippen LogP contribution is -2.28. The van der Waals surface area contributed by atoms with E-state index >= 15 is 0 Å². The molecule has 1 atom stereocenters. The van der Waals surface area contributed by atoms with E-state index in [1.807, 2.05) is 30.3 Å². The van der Waals surface area contributed by atoms with E-state index in [9.17, 15) is 18.4 Å². The van der Waals surface area contributed by atoms with Gasteiger partial charge in [-0.3, -0.25) is 9.97 Å². The number of nitrogens with one attached hydrogen (secondary N) is 1. The number of alkyl halides is 3. The normalized spacial score (nSPS) is 12.3. The van der Waals surface area contributed by atoms with Crippen LogP contribution in [-0.4, -0.2) is 9.97 Å². The van der Waals surface area contributed by atoms with E-state index in [-0.39, 0.29) is 18.5 Å². The first-order chi connectivity index (χ1) is 16.5. The van der Waals surface area contributed by atoms with Crippen molar-refractivity contribution in [1.82, 2.24) is 15.3 Å². The molecule has 1 N–H and O–H groups in total. The molecule has 0 aliphatic heterocycles. The van der Waals surface area contributed by atoms with E-state index in [1.54, 1.807) is 49.1 Å². The van der Waals surface area contributed by atoms with Gasteiger partial charge < -0.3 is 5.32 Å². The van der Waals surface area contributed by atoms with E-state index < -0.39 is 11.7 Å². The van der Waals surface area contributed by atoms with Gasteiger partial charge in [-0.2, -0.15) is 18.4 Å². The summed E-state index contributed by atoms with van der Waals surface area (Å²) in [6.45, 7) is 0.197. The fraction of sp³-hybridized carbons (Fsp3) is 0.148. The minimum atomic E-state index is -4.41. The Hall–Kier alpha value is -4.02. The van der Waals surface area contributed by atoms with E-state index in [0.717, 1.165) is 28.8 Å². The van der Waals surface area contributed by atoms with Gasteiger partial charge in [0.15, 0.2) is 0 Å². The Labute approximate surface area is 195 Å². The molecule has 4 rings (SSSR count). The summed E-state index contributed by atoms with van der Waals surface area (Å²) in [7, 11) is 0. The summed E-state index contributed by atoms with van der Waals surface area (Å²) in [6.07, 6.45) is 2.50. The predicted octanol–water partition coefficient (Wildman–Crippen LogP) is 6.03. The average molecular weight is 458 g/mol. The van der Waals surface area contributed by atoms with Crippen LogP contribution >= 0.6 is 0 Å². The highest BCUT2D eigenvalue weighted by Crippen LogP contribution is 2.37.